The van der Waals surface area contributed by atoms with Gasteiger partial charge in [-0.2, -0.15) is 14.9 Å². The van der Waals surface area contributed by atoms with Gasteiger partial charge in [-0.3, -0.25) is 5.10 Å². The summed E-state index contributed by atoms with van der Waals surface area (Å²) in [7, 11) is 1.57. The number of nitrogens with one attached hydrogen (secondary N) is 1. The van der Waals surface area contributed by atoms with Crippen molar-refractivity contribution in [1.29, 1.82) is 0 Å². The zero-order valence-electron chi connectivity index (χ0n) is 13.6. The van der Waals surface area contributed by atoms with Crippen LogP contribution in [0.2, 0.25) is 10.0 Å². The van der Waals surface area contributed by atoms with Gasteiger partial charge in [-0.1, -0.05) is 29.3 Å². The van der Waals surface area contributed by atoms with Crippen molar-refractivity contribution in [2.45, 2.75) is 6.61 Å². The predicted molar refractivity (Wildman–Crippen MR) is 104 cm³/mol. The lowest BCUT2D eigenvalue weighted by Gasteiger charge is -2.12. The van der Waals surface area contributed by atoms with Crippen molar-refractivity contribution in [3.05, 3.63) is 68.7 Å². The highest BCUT2D eigenvalue weighted by Gasteiger charge is 2.08. The molecule has 1 heterocycles. The van der Waals surface area contributed by atoms with Crippen LogP contribution in [-0.4, -0.2) is 28.2 Å². The Morgan fingerprint density at radius 3 is 2.77 bits per heavy atom. The van der Waals surface area contributed by atoms with Crippen molar-refractivity contribution in [2.24, 2.45) is 5.10 Å². The molecule has 134 valence electrons. The van der Waals surface area contributed by atoms with Crippen LogP contribution < -0.4 is 9.47 Å². The molecule has 0 spiro atoms. The van der Waals surface area contributed by atoms with Gasteiger partial charge in [0.2, 0.25) is 4.77 Å². The van der Waals surface area contributed by atoms with E-state index < -0.39 is 0 Å². The Labute approximate surface area is 165 Å². The zero-order chi connectivity index (χ0) is 18.5. The number of H-pyrrole nitrogens is 1. The van der Waals surface area contributed by atoms with E-state index in [2.05, 4.69) is 15.3 Å². The first-order valence-electron chi connectivity index (χ1n) is 7.48. The summed E-state index contributed by atoms with van der Waals surface area (Å²) in [6.07, 6.45) is 3.14. The fourth-order valence-corrected chi connectivity index (χ4v) is 2.74. The molecule has 0 unspecified atom stereocenters. The molecule has 0 saturated carbocycles. The normalized spacial score (nSPS) is 11.0. The number of halogens is 2. The highest BCUT2D eigenvalue weighted by atomic mass is 35.5. The Balaban J connectivity index is 1.75. The lowest BCUT2D eigenvalue weighted by atomic mass is 10.2. The number of aromatic amines is 1. The quantitative estimate of drug-likeness (QED) is 0.473. The maximum atomic E-state index is 6.17. The molecule has 3 aromatic rings. The number of hydrogen-bond donors (Lipinski definition) is 1. The van der Waals surface area contributed by atoms with E-state index in [9.17, 15) is 0 Å². The van der Waals surface area contributed by atoms with Gasteiger partial charge in [0.15, 0.2) is 11.5 Å². The fourth-order valence-electron chi connectivity index (χ4n) is 2.13. The second-order valence-corrected chi connectivity index (χ2v) is 6.42. The molecule has 26 heavy (non-hydrogen) atoms. The smallest absolute Gasteiger partial charge is 0.216 e. The molecule has 0 amide bonds. The molecule has 9 heteroatoms. The Hall–Kier alpha value is -2.35. The van der Waals surface area contributed by atoms with Crippen molar-refractivity contribution in [3.63, 3.8) is 0 Å². The van der Waals surface area contributed by atoms with E-state index in [0.717, 1.165) is 11.1 Å². The van der Waals surface area contributed by atoms with Crippen LogP contribution in [0.15, 0.2) is 47.8 Å². The Kier molecular flexibility index (Phi) is 5.92. The summed E-state index contributed by atoms with van der Waals surface area (Å²) in [4.78, 5) is 0. The van der Waals surface area contributed by atoms with Gasteiger partial charge in [0.05, 0.1) is 13.3 Å². The van der Waals surface area contributed by atoms with Crippen molar-refractivity contribution in [1.82, 2.24) is 14.9 Å². The minimum absolute atomic E-state index is 0.296. The van der Waals surface area contributed by atoms with Crippen LogP contribution >= 0.6 is 35.4 Å². The standard InChI is InChI=1S/C17H14Cl2N4O2S/c1-24-16-6-11(8-21-23-10-20-22-17(23)26)2-5-15(16)25-9-12-3-4-13(18)7-14(12)19/h2-8,10H,9H2,1H3,(H,22,26)/b21-8-. The summed E-state index contributed by atoms with van der Waals surface area (Å²) in [6, 6.07) is 10.7. The average Bonchev–Trinajstić information content (AvgIpc) is 3.04. The van der Waals surface area contributed by atoms with E-state index in [-0.39, 0.29) is 0 Å². The third kappa shape index (κ3) is 4.43. The molecule has 0 fully saturated rings. The summed E-state index contributed by atoms with van der Waals surface area (Å²) in [5.74, 6) is 1.17. The van der Waals surface area contributed by atoms with Gasteiger partial charge in [-0.15, -0.1) is 0 Å². The molecule has 2 aromatic carbocycles. The second kappa shape index (κ2) is 8.35. The van der Waals surface area contributed by atoms with Gasteiger partial charge in [0, 0.05) is 15.6 Å². The lowest BCUT2D eigenvalue weighted by Crippen LogP contribution is -1.99. The Morgan fingerprint density at radius 2 is 2.08 bits per heavy atom. The monoisotopic (exact) mass is 408 g/mol. The highest BCUT2D eigenvalue weighted by Crippen LogP contribution is 2.29. The first-order chi connectivity index (χ1) is 12.6. The second-order valence-electron chi connectivity index (χ2n) is 5.19. The molecular weight excluding hydrogens is 395 g/mol. The molecule has 6 nitrogen and oxygen atoms in total. The van der Waals surface area contributed by atoms with E-state index in [0.29, 0.717) is 32.9 Å². The van der Waals surface area contributed by atoms with Crippen LogP contribution in [0.1, 0.15) is 11.1 Å². The minimum atomic E-state index is 0.296. The van der Waals surface area contributed by atoms with Crippen LogP contribution in [0.25, 0.3) is 0 Å². The predicted octanol–water partition coefficient (Wildman–Crippen LogP) is 4.72. The lowest BCUT2D eigenvalue weighted by molar-refractivity contribution is 0.284. The van der Waals surface area contributed by atoms with Crippen molar-refractivity contribution >= 4 is 41.6 Å². The van der Waals surface area contributed by atoms with Gasteiger partial charge < -0.3 is 9.47 Å². The van der Waals surface area contributed by atoms with Crippen molar-refractivity contribution < 1.29 is 9.47 Å². The molecule has 1 aromatic heterocycles. The van der Waals surface area contributed by atoms with Crippen LogP contribution in [0.5, 0.6) is 11.5 Å². The van der Waals surface area contributed by atoms with Crippen LogP contribution in [-0.2, 0) is 6.61 Å². The Bertz CT molecular complexity index is 1000. The molecule has 3 rings (SSSR count). The third-order valence-electron chi connectivity index (χ3n) is 3.45. The van der Waals surface area contributed by atoms with E-state index in [4.69, 9.17) is 44.9 Å². The van der Waals surface area contributed by atoms with Gasteiger partial charge >= 0.3 is 0 Å². The van der Waals surface area contributed by atoms with Crippen molar-refractivity contribution in [3.8, 4) is 11.5 Å². The van der Waals surface area contributed by atoms with Gasteiger partial charge in [0.25, 0.3) is 0 Å². The summed E-state index contributed by atoms with van der Waals surface area (Å²) in [5.41, 5.74) is 1.65. The van der Waals surface area contributed by atoms with E-state index >= 15 is 0 Å². The number of nitrogens with zero attached hydrogens (tertiary/aromatic N) is 3. The topological polar surface area (TPSA) is 64.4 Å². The SMILES string of the molecule is COc1cc(/C=N\n2cn[nH]c2=S)ccc1OCc1ccc(Cl)cc1Cl. The van der Waals surface area contributed by atoms with Gasteiger partial charge in [-0.05, 0) is 48.1 Å². The summed E-state index contributed by atoms with van der Waals surface area (Å²) >= 11 is 17.1. The molecule has 0 aliphatic carbocycles. The van der Waals surface area contributed by atoms with E-state index in [1.807, 2.05) is 18.2 Å². The first-order valence-corrected chi connectivity index (χ1v) is 8.64. The number of hydrogen-bond acceptors (Lipinski definition) is 5. The number of methoxy groups -OCH3 is 1. The maximum Gasteiger partial charge on any atom is 0.216 e. The summed E-state index contributed by atoms with van der Waals surface area (Å²) in [6.45, 7) is 0.296. The largest absolute Gasteiger partial charge is 0.493 e. The Morgan fingerprint density at radius 1 is 1.23 bits per heavy atom. The van der Waals surface area contributed by atoms with Gasteiger partial charge in [-0.25, -0.2) is 0 Å². The molecule has 0 radical (unpaired) electrons. The molecule has 0 saturated heterocycles. The average molecular weight is 409 g/mol. The fraction of sp³-hybridized carbons (Fsp3) is 0.118. The van der Waals surface area contributed by atoms with E-state index in [1.54, 1.807) is 31.5 Å². The molecular formula is C17H14Cl2N4O2S. The number of rotatable bonds is 6. The highest BCUT2D eigenvalue weighted by molar-refractivity contribution is 7.71. The maximum absolute atomic E-state index is 6.17. The minimum Gasteiger partial charge on any atom is -0.493 e. The molecule has 1 N–H and O–H groups in total. The molecule has 0 bridgehead atoms. The summed E-state index contributed by atoms with van der Waals surface area (Å²) in [5, 5.41) is 11.8. The molecule has 0 aliphatic rings. The molecule has 0 aliphatic heterocycles. The van der Waals surface area contributed by atoms with Crippen LogP contribution in [0.3, 0.4) is 0 Å². The molecule has 0 atom stereocenters. The number of aromatic nitrogens is 3. The van der Waals surface area contributed by atoms with Gasteiger partial charge in [0.1, 0.15) is 12.9 Å². The van der Waals surface area contributed by atoms with Crippen LogP contribution in [0.4, 0.5) is 0 Å². The zero-order valence-corrected chi connectivity index (χ0v) is 16.0. The third-order valence-corrected chi connectivity index (χ3v) is 4.32. The number of ether oxygens (including phenoxy) is 2. The number of benzene rings is 2. The summed E-state index contributed by atoms with van der Waals surface area (Å²) < 4.78 is 13.1. The van der Waals surface area contributed by atoms with Crippen LogP contribution in [0, 0.1) is 4.77 Å². The van der Waals surface area contributed by atoms with Crippen molar-refractivity contribution in [2.75, 3.05) is 7.11 Å². The van der Waals surface area contributed by atoms with E-state index in [1.165, 1.54) is 11.0 Å². The first kappa shape index (κ1) is 18.4.